The van der Waals surface area contributed by atoms with Crippen molar-refractivity contribution in [3.8, 4) is 11.3 Å². The summed E-state index contributed by atoms with van der Waals surface area (Å²) in [5, 5.41) is 2.38. The summed E-state index contributed by atoms with van der Waals surface area (Å²) < 4.78 is 77.6. The normalized spacial score (nSPS) is 11.9. The van der Waals surface area contributed by atoms with Crippen molar-refractivity contribution in [1.29, 1.82) is 0 Å². The summed E-state index contributed by atoms with van der Waals surface area (Å²) in [7, 11) is 0. The molecule has 1 amide bonds. The second-order valence-corrected chi connectivity index (χ2v) is 5.97. The molecule has 0 fully saturated rings. The van der Waals surface area contributed by atoms with E-state index in [1.54, 1.807) is 6.07 Å². The molecule has 0 radical (unpaired) electrons. The predicted molar refractivity (Wildman–Crippen MR) is 94.1 cm³/mol. The van der Waals surface area contributed by atoms with Crippen LogP contribution in [0, 0.1) is 0 Å². The lowest BCUT2D eigenvalue weighted by Crippen LogP contribution is -2.19. The molecule has 1 N–H and O–H groups in total. The number of carbonyl (C=O) groups is 1. The highest BCUT2D eigenvalue weighted by atomic mass is 19.4. The third-order valence-corrected chi connectivity index (χ3v) is 4.02. The Kier molecular flexibility index (Phi) is 5.32. The van der Waals surface area contributed by atoms with Crippen LogP contribution in [0.2, 0.25) is 0 Å². The number of amides is 1. The summed E-state index contributed by atoms with van der Waals surface area (Å²) >= 11 is 0. The van der Waals surface area contributed by atoms with Gasteiger partial charge >= 0.3 is 12.4 Å². The van der Waals surface area contributed by atoms with Crippen molar-refractivity contribution in [2.45, 2.75) is 12.4 Å². The minimum atomic E-state index is -4.72. The Bertz CT molecular complexity index is 1030. The number of para-hydroxylation sites is 1. The fourth-order valence-corrected chi connectivity index (χ4v) is 2.65. The number of rotatable bonds is 3. The predicted octanol–water partition coefficient (Wildman–Crippen LogP) is 6.04. The van der Waals surface area contributed by atoms with E-state index in [0.717, 1.165) is 24.3 Å². The molecule has 29 heavy (non-hydrogen) atoms. The maximum atomic E-state index is 13.1. The summed E-state index contributed by atoms with van der Waals surface area (Å²) in [6.45, 7) is 0. The van der Waals surface area contributed by atoms with Crippen LogP contribution in [0.5, 0.6) is 0 Å². The van der Waals surface area contributed by atoms with Crippen molar-refractivity contribution in [3.63, 3.8) is 0 Å². The van der Waals surface area contributed by atoms with E-state index in [0.29, 0.717) is 6.20 Å². The first-order valence-corrected chi connectivity index (χ1v) is 8.17. The Balaban J connectivity index is 1.94. The van der Waals surface area contributed by atoms with Gasteiger partial charge in [-0.25, -0.2) is 0 Å². The van der Waals surface area contributed by atoms with E-state index >= 15 is 0 Å². The maximum absolute atomic E-state index is 13.1. The number of carbonyl (C=O) groups excluding carboxylic acids is 1. The Labute approximate surface area is 161 Å². The number of alkyl halides is 6. The average Bonchev–Trinajstić information content (AvgIpc) is 2.67. The van der Waals surface area contributed by atoms with Gasteiger partial charge in [0.25, 0.3) is 5.91 Å². The van der Waals surface area contributed by atoms with Crippen LogP contribution in [0.15, 0.2) is 66.9 Å². The van der Waals surface area contributed by atoms with Crippen molar-refractivity contribution in [2.75, 3.05) is 5.32 Å². The highest BCUT2D eigenvalue weighted by Crippen LogP contribution is 2.34. The molecule has 0 spiro atoms. The highest BCUT2D eigenvalue weighted by Gasteiger charge is 2.35. The number of anilines is 1. The van der Waals surface area contributed by atoms with Gasteiger partial charge in [0, 0.05) is 11.8 Å². The number of pyridine rings is 1. The van der Waals surface area contributed by atoms with E-state index in [4.69, 9.17) is 0 Å². The lowest BCUT2D eigenvalue weighted by molar-refractivity contribution is -0.138. The van der Waals surface area contributed by atoms with Crippen molar-refractivity contribution < 1.29 is 31.1 Å². The molecule has 0 saturated carbocycles. The standard InChI is InChI=1S/C20H12F6N2O/c21-19(22,23)12-9-10-16(27-11-12)14-6-2-4-8-17(14)28-18(29)13-5-1-3-7-15(13)20(24,25)26/h1-11H,(H,28,29). The molecular formula is C20H12F6N2O. The lowest BCUT2D eigenvalue weighted by atomic mass is 10.0. The van der Waals surface area contributed by atoms with Gasteiger partial charge in [-0.1, -0.05) is 30.3 Å². The molecule has 0 bridgehead atoms. The molecule has 3 aromatic rings. The Hall–Kier alpha value is -3.36. The van der Waals surface area contributed by atoms with E-state index in [9.17, 15) is 31.1 Å². The van der Waals surface area contributed by atoms with Gasteiger partial charge in [-0.2, -0.15) is 26.3 Å². The van der Waals surface area contributed by atoms with Crippen LogP contribution < -0.4 is 5.32 Å². The van der Waals surface area contributed by atoms with Gasteiger partial charge in [0.2, 0.25) is 0 Å². The molecule has 0 aliphatic rings. The van der Waals surface area contributed by atoms with Crippen LogP contribution in [0.4, 0.5) is 32.0 Å². The molecule has 0 saturated heterocycles. The molecule has 0 unspecified atom stereocenters. The summed E-state index contributed by atoms with van der Waals surface area (Å²) in [5.74, 6) is -1.00. The van der Waals surface area contributed by atoms with Gasteiger partial charge in [0.15, 0.2) is 0 Å². The zero-order valence-electron chi connectivity index (χ0n) is 14.5. The maximum Gasteiger partial charge on any atom is 0.417 e. The van der Waals surface area contributed by atoms with E-state index in [1.165, 1.54) is 30.3 Å². The molecule has 0 atom stereocenters. The van der Waals surface area contributed by atoms with E-state index < -0.39 is 35.0 Å². The number of halogens is 6. The topological polar surface area (TPSA) is 42.0 Å². The average molecular weight is 410 g/mol. The fraction of sp³-hybridized carbons (Fsp3) is 0.100. The first-order valence-electron chi connectivity index (χ1n) is 8.17. The molecule has 3 nitrogen and oxygen atoms in total. The van der Waals surface area contributed by atoms with Crippen molar-refractivity contribution in [1.82, 2.24) is 4.98 Å². The molecule has 1 aromatic heterocycles. The van der Waals surface area contributed by atoms with Gasteiger partial charge in [-0.05, 0) is 30.3 Å². The number of nitrogens with one attached hydrogen (secondary N) is 1. The van der Waals surface area contributed by atoms with Crippen molar-refractivity contribution >= 4 is 11.6 Å². The molecule has 150 valence electrons. The first-order chi connectivity index (χ1) is 13.6. The second kappa shape index (κ2) is 7.57. The SMILES string of the molecule is O=C(Nc1ccccc1-c1ccc(C(F)(F)F)cn1)c1ccccc1C(F)(F)F. The molecule has 3 rings (SSSR count). The molecule has 0 aliphatic heterocycles. The fourth-order valence-electron chi connectivity index (χ4n) is 2.65. The van der Waals surface area contributed by atoms with Crippen LogP contribution in [-0.2, 0) is 12.4 Å². The van der Waals surface area contributed by atoms with Crippen LogP contribution in [-0.4, -0.2) is 10.9 Å². The van der Waals surface area contributed by atoms with Crippen LogP contribution in [0.25, 0.3) is 11.3 Å². The molecule has 2 aromatic carbocycles. The number of nitrogens with zero attached hydrogens (tertiary/aromatic N) is 1. The number of hydrogen-bond acceptors (Lipinski definition) is 2. The monoisotopic (exact) mass is 410 g/mol. The third-order valence-electron chi connectivity index (χ3n) is 4.02. The molecule has 9 heteroatoms. The zero-order chi connectivity index (χ0) is 21.2. The van der Waals surface area contributed by atoms with E-state index in [2.05, 4.69) is 10.3 Å². The minimum absolute atomic E-state index is 0.113. The second-order valence-electron chi connectivity index (χ2n) is 5.97. The van der Waals surface area contributed by atoms with Crippen LogP contribution >= 0.6 is 0 Å². The molecular weight excluding hydrogens is 398 g/mol. The Morgan fingerprint density at radius 1 is 0.793 bits per heavy atom. The van der Waals surface area contributed by atoms with Gasteiger partial charge in [0.1, 0.15) is 0 Å². The smallest absolute Gasteiger partial charge is 0.321 e. The zero-order valence-corrected chi connectivity index (χ0v) is 14.5. The Morgan fingerprint density at radius 3 is 2.07 bits per heavy atom. The van der Waals surface area contributed by atoms with Crippen LogP contribution in [0.3, 0.4) is 0 Å². The molecule has 1 heterocycles. The summed E-state index contributed by atoms with van der Waals surface area (Å²) in [5.41, 5.74) is -2.11. The number of benzene rings is 2. The quantitative estimate of drug-likeness (QED) is 0.535. The number of aromatic nitrogens is 1. The van der Waals surface area contributed by atoms with Crippen molar-refractivity contribution in [3.05, 3.63) is 83.6 Å². The number of hydrogen-bond donors (Lipinski definition) is 1. The molecule has 0 aliphatic carbocycles. The van der Waals surface area contributed by atoms with Gasteiger partial charge in [0.05, 0.1) is 28.1 Å². The van der Waals surface area contributed by atoms with Gasteiger partial charge in [-0.15, -0.1) is 0 Å². The van der Waals surface area contributed by atoms with Crippen molar-refractivity contribution in [2.24, 2.45) is 0 Å². The first kappa shape index (κ1) is 20.4. The summed E-state index contributed by atoms with van der Waals surface area (Å²) in [6.07, 6.45) is -8.63. The Morgan fingerprint density at radius 2 is 1.45 bits per heavy atom. The van der Waals surface area contributed by atoms with Gasteiger partial charge < -0.3 is 5.32 Å². The largest absolute Gasteiger partial charge is 0.417 e. The van der Waals surface area contributed by atoms with Crippen LogP contribution in [0.1, 0.15) is 21.5 Å². The highest BCUT2D eigenvalue weighted by molar-refractivity contribution is 6.07. The van der Waals surface area contributed by atoms with E-state index in [1.807, 2.05) is 0 Å². The summed E-state index contributed by atoms with van der Waals surface area (Å²) in [6, 6.07) is 12.2. The lowest BCUT2D eigenvalue weighted by Gasteiger charge is -2.15. The third kappa shape index (κ3) is 4.56. The van der Waals surface area contributed by atoms with E-state index in [-0.39, 0.29) is 16.9 Å². The minimum Gasteiger partial charge on any atom is -0.321 e. The summed E-state index contributed by atoms with van der Waals surface area (Å²) in [4.78, 5) is 16.2. The van der Waals surface area contributed by atoms with Gasteiger partial charge in [-0.3, -0.25) is 9.78 Å².